The van der Waals surface area contributed by atoms with E-state index in [1.54, 1.807) is 13.8 Å². The molecule has 0 amide bonds. The quantitative estimate of drug-likeness (QED) is 0.693. The molecule has 94 valence electrons. The topological polar surface area (TPSA) is 63.6 Å². The van der Waals surface area contributed by atoms with E-state index in [1.807, 2.05) is 6.92 Å². The maximum atomic E-state index is 11.6. The van der Waals surface area contributed by atoms with Crippen molar-refractivity contribution in [1.82, 2.24) is 0 Å². The highest BCUT2D eigenvalue weighted by atomic mass is 32.2. The van der Waals surface area contributed by atoms with Crippen LogP contribution in [0.5, 0.6) is 0 Å². The molecule has 5 heteroatoms. The Balaban J connectivity index is 3.84. The summed E-state index contributed by atoms with van der Waals surface area (Å²) in [5, 5.41) is 9.30. The Morgan fingerprint density at radius 1 is 1.38 bits per heavy atom. The Labute approximate surface area is 101 Å². The highest BCUT2D eigenvalue weighted by Gasteiger charge is 2.21. The van der Waals surface area contributed by atoms with E-state index in [0.717, 1.165) is 11.8 Å². The molecule has 0 aromatic heterocycles. The molecule has 0 rings (SSSR count). The lowest BCUT2D eigenvalue weighted by molar-refractivity contribution is -0.142. The number of hydrogen-bond acceptors (Lipinski definition) is 5. The largest absolute Gasteiger partial charge is 0.466 e. The van der Waals surface area contributed by atoms with E-state index in [0.29, 0.717) is 18.8 Å². The van der Waals surface area contributed by atoms with Gasteiger partial charge >= 0.3 is 5.97 Å². The fourth-order valence-electron chi connectivity index (χ4n) is 1.28. The molecule has 2 atom stereocenters. The van der Waals surface area contributed by atoms with Gasteiger partial charge in [-0.2, -0.15) is 0 Å². The third-order valence-electron chi connectivity index (χ3n) is 2.18. The van der Waals surface area contributed by atoms with Gasteiger partial charge in [0.15, 0.2) is 5.12 Å². The zero-order valence-corrected chi connectivity index (χ0v) is 10.9. The van der Waals surface area contributed by atoms with Crippen molar-refractivity contribution in [2.24, 2.45) is 5.92 Å². The van der Waals surface area contributed by atoms with E-state index >= 15 is 0 Å². The summed E-state index contributed by atoms with van der Waals surface area (Å²) in [6, 6.07) is 0. The standard InChI is InChI=1S/C11H20O4S/c1-4-9(8(3)12)11(14)16-7-6-10(13)15-5-2/h8-9,12H,4-7H2,1-3H3/t8-,9+/m1/s1. The second-order valence-corrected chi connectivity index (χ2v) is 4.58. The average Bonchev–Trinajstić information content (AvgIpc) is 2.18. The molecule has 0 saturated carbocycles. The third kappa shape index (κ3) is 6.12. The SMILES string of the molecule is CCOC(=O)CCSC(=O)[C@@H](CC)[C@@H](C)O. The Hall–Kier alpha value is -0.550. The van der Waals surface area contributed by atoms with Gasteiger partial charge in [-0.1, -0.05) is 18.7 Å². The lowest BCUT2D eigenvalue weighted by Crippen LogP contribution is -2.23. The Kier molecular flexibility index (Phi) is 8.29. The molecule has 0 aliphatic carbocycles. The van der Waals surface area contributed by atoms with Gasteiger partial charge in [-0.05, 0) is 20.3 Å². The van der Waals surface area contributed by atoms with Crippen molar-refractivity contribution >= 4 is 22.8 Å². The van der Waals surface area contributed by atoms with Crippen molar-refractivity contribution in [1.29, 1.82) is 0 Å². The molecule has 4 nitrogen and oxygen atoms in total. The minimum Gasteiger partial charge on any atom is -0.466 e. The first-order valence-electron chi connectivity index (χ1n) is 5.53. The lowest BCUT2D eigenvalue weighted by atomic mass is 10.0. The first kappa shape index (κ1) is 15.4. The number of aliphatic hydroxyl groups excluding tert-OH is 1. The second kappa shape index (κ2) is 8.58. The van der Waals surface area contributed by atoms with Crippen LogP contribution in [0.4, 0.5) is 0 Å². The monoisotopic (exact) mass is 248 g/mol. The summed E-state index contributed by atoms with van der Waals surface area (Å²) in [5.41, 5.74) is 0. The molecule has 0 spiro atoms. The molecule has 0 unspecified atom stereocenters. The number of carbonyl (C=O) groups excluding carboxylic acids is 2. The number of carbonyl (C=O) groups is 2. The number of aliphatic hydroxyl groups is 1. The van der Waals surface area contributed by atoms with Crippen LogP contribution in [0.2, 0.25) is 0 Å². The third-order valence-corrected chi connectivity index (χ3v) is 3.18. The molecule has 0 bridgehead atoms. The molecule has 0 fully saturated rings. The Morgan fingerprint density at radius 3 is 2.44 bits per heavy atom. The average molecular weight is 248 g/mol. The van der Waals surface area contributed by atoms with Crippen molar-refractivity contribution in [3.05, 3.63) is 0 Å². The van der Waals surface area contributed by atoms with Gasteiger partial charge < -0.3 is 9.84 Å². The summed E-state index contributed by atoms with van der Waals surface area (Å²) in [6.45, 7) is 5.58. The van der Waals surface area contributed by atoms with Crippen LogP contribution in [0.15, 0.2) is 0 Å². The van der Waals surface area contributed by atoms with E-state index in [-0.39, 0.29) is 23.4 Å². The van der Waals surface area contributed by atoms with Crippen molar-refractivity contribution < 1.29 is 19.4 Å². The van der Waals surface area contributed by atoms with Crippen LogP contribution in [0, 0.1) is 5.92 Å². The number of hydrogen-bond donors (Lipinski definition) is 1. The van der Waals surface area contributed by atoms with E-state index in [9.17, 15) is 14.7 Å². The highest BCUT2D eigenvalue weighted by molar-refractivity contribution is 8.13. The summed E-state index contributed by atoms with van der Waals surface area (Å²) in [5.74, 6) is -0.207. The maximum Gasteiger partial charge on any atom is 0.306 e. The predicted octanol–water partition coefficient (Wildman–Crippen LogP) is 1.61. The van der Waals surface area contributed by atoms with Gasteiger partial charge in [0.05, 0.1) is 25.0 Å². The maximum absolute atomic E-state index is 11.6. The number of esters is 1. The van der Waals surface area contributed by atoms with Gasteiger partial charge in [-0.15, -0.1) is 0 Å². The van der Waals surface area contributed by atoms with Crippen molar-refractivity contribution in [3.8, 4) is 0 Å². The van der Waals surface area contributed by atoms with Gasteiger partial charge in [0.25, 0.3) is 0 Å². The summed E-state index contributed by atoms with van der Waals surface area (Å²) >= 11 is 1.09. The van der Waals surface area contributed by atoms with Gasteiger partial charge in [0, 0.05) is 5.75 Å². The zero-order valence-electron chi connectivity index (χ0n) is 10.1. The van der Waals surface area contributed by atoms with Crippen LogP contribution in [-0.4, -0.2) is 34.7 Å². The first-order valence-corrected chi connectivity index (χ1v) is 6.51. The van der Waals surface area contributed by atoms with E-state index < -0.39 is 6.10 Å². The molecule has 0 aromatic rings. The van der Waals surface area contributed by atoms with Crippen LogP contribution in [-0.2, 0) is 14.3 Å². The van der Waals surface area contributed by atoms with Crippen molar-refractivity contribution in [3.63, 3.8) is 0 Å². The molecular weight excluding hydrogens is 228 g/mol. The summed E-state index contributed by atoms with van der Waals surface area (Å²) in [6.07, 6.45) is 0.219. The minimum absolute atomic E-state index is 0.0539. The Morgan fingerprint density at radius 2 is 2.00 bits per heavy atom. The molecule has 0 heterocycles. The molecular formula is C11H20O4S. The molecule has 1 N–H and O–H groups in total. The molecule has 0 saturated heterocycles. The van der Waals surface area contributed by atoms with Gasteiger partial charge in [0.2, 0.25) is 0 Å². The highest BCUT2D eigenvalue weighted by Crippen LogP contribution is 2.18. The normalized spacial score (nSPS) is 14.2. The number of thioether (sulfide) groups is 1. The van der Waals surface area contributed by atoms with E-state index in [2.05, 4.69) is 0 Å². The molecule has 0 aromatic carbocycles. The van der Waals surface area contributed by atoms with E-state index in [1.165, 1.54) is 0 Å². The van der Waals surface area contributed by atoms with Crippen LogP contribution in [0.25, 0.3) is 0 Å². The predicted molar refractivity (Wildman–Crippen MR) is 64.2 cm³/mol. The first-order chi connectivity index (χ1) is 7.52. The fraction of sp³-hybridized carbons (Fsp3) is 0.818. The summed E-state index contributed by atoms with van der Waals surface area (Å²) < 4.78 is 4.74. The second-order valence-electron chi connectivity index (χ2n) is 3.48. The molecule has 0 aliphatic rings. The molecule has 0 aliphatic heterocycles. The van der Waals surface area contributed by atoms with Crippen molar-refractivity contribution in [2.75, 3.05) is 12.4 Å². The number of rotatable bonds is 7. The van der Waals surface area contributed by atoms with Gasteiger partial charge in [-0.25, -0.2) is 0 Å². The smallest absolute Gasteiger partial charge is 0.306 e. The van der Waals surface area contributed by atoms with E-state index in [4.69, 9.17) is 4.74 Å². The van der Waals surface area contributed by atoms with Crippen LogP contribution in [0.1, 0.15) is 33.6 Å². The molecule has 16 heavy (non-hydrogen) atoms. The van der Waals surface area contributed by atoms with Gasteiger partial charge in [0.1, 0.15) is 0 Å². The molecule has 0 radical (unpaired) electrons. The minimum atomic E-state index is -0.632. The van der Waals surface area contributed by atoms with Crippen LogP contribution < -0.4 is 0 Å². The summed E-state index contributed by atoms with van der Waals surface area (Å²) in [7, 11) is 0. The lowest BCUT2D eigenvalue weighted by Gasteiger charge is -2.15. The van der Waals surface area contributed by atoms with Crippen LogP contribution >= 0.6 is 11.8 Å². The number of ether oxygens (including phenoxy) is 1. The zero-order chi connectivity index (χ0) is 12.6. The Bertz CT molecular complexity index is 228. The fourth-order valence-corrected chi connectivity index (χ4v) is 2.33. The van der Waals surface area contributed by atoms with Crippen molar-refractivity contribution in [2.45, 2.75) is 39.7 Å². The van der Waals surface area contributed by atoms with Crippen LogP contribution in [0.3, 0.4) is 0 Å². The van der Waals surface area contributed by atoms with Gasteiger partial charge in [-0.3, -0.25) is 9.59 Å². The summed E-state index contributed by atoms with van der Waals surface area (Å²) in [4.78, 5) is 22.6.